The molecule has 1 amide bonds. The van der Waals surface area contributed by atoms with Crippen LogP contribution in [0, 0.1) is 5.82 Å². The average Bonchev–Trinajstić information content (AvgIpc) is 2.97. The zero-order valence-corrected chi connectivity index (χ0v) is 18.3. The highest BCUT2D eigenvalue weighted by atomic mass is 19.4. The number of nitrogens with zero attached hydrogens (tertiary/aromatic N) is 2. The molecule has 1 aliphatic heterocycles. The van der Waals surface area contributed by atoms with Gasteiger partial charge >= 0.3 is 6.18 Å². The molecule has 1 aromatic rings. The van der Waals surface area contributed by atoms with Crippen molar-refractivity contribution in [1.29, 1.82) is 0 Å². The SMILES string of the molecule is C=C(OCCC(F)(F)F)C1=C(/C=C\C)CN(Cc2ccc(/C(C)=C/N(C)N)cc2F)C1=O. The number of allylic oxidation sites excluding steroid dienone is 2. The first-order valence-electron chi connectivity index (χ1n) is 9.91. The highest BCUT2D eigenvalue weighted by molar-refractivity contribution is 6.01. The second-order valence-corrected chi connectivity index (χ2v) is 7.48. The van der Waals surface area contributed by atoms with E-state index in [1.165, 1.54) is 16.0 Å². The van der Waals surface area contributed by atoms with E-state index in [1.807, 2.05) is 0 Å². The first-order valence-corrected chi connectivity index (χ1v) is 9.91. The molecule has 0 radical (unpaired) electrons. The van der Waals surface area contributed by atoms with Crippen LogP contribution in [0.4, 0.5) is 17.6 Å². The topological polar surface area (TPSA) is 58.8 Å². The molecule has 2 rings (SSSR count). The molecule has 1 aliphatic rings. The lowest BCUT2D eigenvalue weighted by Crippen LogP contribution is -2.27. The summed E-state index contributed by atoms with van der Waals surface area (Å²) < 4.78 is 57.0. The van der Waals surface area contributed by atoms with Crippen molar-refractivity contribution in [2.45, 2.75) is 33.0 Å². The highest BCUT2D eigenvalue weighted by Gasteiger charge is 2.33. The number of carbonyl (C=O) groups excluding carboxylic acids is 1. The molecule has 174 valence electrons. The molecule has 32 heavy (non-hydrogen) atoms. The number of carbonyl (C=O) groups is 1. The monoisotopic (exact) mass is 453 g/mol. The zero-order valence-electron chi connectivity index (χ0n) is 18.3. The summed E-state index contributed by atoms with van der Waals surface area (Å²) in [6.45, 7) is 6.70. The van der Waals surface area contributed by atoms with Crippen molar-refractivity contribution < 1.29 is 27.1 Å². The van der Waals surface area contributed by atoms with E-state index in [0.29, 0.717) is 16.7 Å². The highest BCUT2D eigenvalue weighted by Crippen LogP contribution is 2.29. The normalized spacial score (nSPS) is 15.2. The fourth-order valence-corrected chi connectivity index (χ4v) is 3.28. The smallest absolute Gasteiger partial charge is 0.392 e. The van der Waals surface area contributed by atoms with Crippen molar-refractivity contribution in [1.82, 2.24) is 9.91 Å². The fourth-order valence-electron chi connectivity index (χ4n) is 3.28. The quantitative estimate of drug-likeness (QED) is 0.255. The van der Waals surface area contributed by atoms with Gasteiger partial charge in [-0.2, -0.15) is 13.2 Å². The van der Waals surface area contributed by atoms with Crippen LogP contribution in [0.2, 0.25) is 0 Å². The summed E-state index contributed by atoms with van der Waals surface area (Å²) in [6.07, 6.45) is -0.496. The molecule has 9 heteroatoms. The van der Waals surface area contributed by atoms with Crippen molar-refractivity contribution in [3.05, 3.63) is 77.0 Å². The van der Waals surface area contributed by atoms with Gasteiger partial charge in [-0.25, -0.2) is 10.2 Å². The third kappa shape index (κ3) is 6.71. The number of benzene rings is 1. The first-order chi connectivity index (χ1) is 14.9. The van der Waals surface area contributed by atoms with Crippen LogP contribution in [0.15, 0.2) is 60.0 Å². The predicted molar refractivity (Wildman–Crippen MR) is 115 cm³/mol. The summed E-state index contributed by atoms with van der Waals surface area (Å²) in [5.41, 5.74) is 2.38. The Morgan fingerprint density at radius 2 is 2.06 bits per heavy atom. The van der Waals surface area contributed by atoms with Gasteiger partial charge in [0.05, 0.1) is 18.6 Å². The fraction of sp³-hybridized carbons (Fsp3) is 0.348. The van der Waals surface area contributed by atoms with Gasteiger partial charge in [0, 0.05) is 31.9 Å². The van der Waals surface area contributed by atoms with Crippen LogP contribution in [0.1, 0.15) is 31.4 Å². The van der Waals surface area contributed by atoms with E-state index < -0.39 is 30.9 Å². The molecule has 0 saturated heterocycles. The van der Waals surface area contributed by atoms with Gasteiger partial charge in [-0.3, -0.25) is 4.79 Å². The van der Waals surface area contributed by atoms with Crippen molar-refractivity contribution in [2.75, 3.05) is 20.2 Å². The maximum absolute atomic E-state index is 14.7. The Morgan fingerprint density at radius 1 is 1.38 bits per heavy atom. The Balaban J connectivity index is 2.16. The molecule has 0 atom stereocenters. The van der Waals surface area contributed by atoms with Gasteiger partial charge in [-0.1, -0.05) is 30.9 Å². The molecule has 0 spiro atoms. The third-order valence-corrected chi connectivity index (χ3v) is 4.76. The zero-order chi connectivity index (χ0) is 24.1. The van der Waals surface area contributed by atoms with Gasteiger partial charge < -0.3 is 14.6 Å². The van der Waals surface area contributed by atoms with Gasteiger partial charge in [0.25, 0.3) is 5.91 Å². The second-order valence-electron chi connectivity index (χ2n) is 7.48. The van der Waals surface area contributed by atoms with Crippen LogP contribution >= 0.6 is 0 Å². The number of alkyl halides is 3. The number of amides is 1. The molecule has 1 heterocycles. The molecule has 0 bridgehead atoms. The molecule has 5 nitrogen and oxygen atoms in total. The molecule has 0 aliphatic carbocycles. The lowest BCUT2D eigenvalue weighted by Gasteiger charge is -2.18. The minimum atomic E-state index is -4.37. The number of hydrogen-bond donors (Lipinski definition) is 1. The molecule has 0 unspecified atom stereocenters. The van der Waals surface area contributed by atoms with Crippen molar-refractivity contribution in [2.24, 2.45) is 5.84 Å². The van der Waals surface area contributed by atoms with Crippen molar-refractivity contribution in [3.63, 3.8) is 0 Å². The first kappa shape index (κ1) is 25.2. The van der Waals surface area contributed by atoms with Crippen LogP contribution < -0.4 is 5.84 Å². The van der Waals surface area contributed by atoms with Crippen LogP contribution in [-0.2, 0) is 16.1 Å². The van der Waals surface area contributed by atoms with Crippen LogP contribution in [0.25, 0.3) is 5.57 Å². The Hall–Kier alpha value is -3.07. The van der Waals surface area contributed by atoms with E-state index in [-0.39, 0.29) is 24.4 Å². The largest absolute Gasteiger partial charge is 0.493 e. The van der Waals surface area contributed by atoms with Crippen molar-refractivity contribution >= 4 is 11.5 Å². The van der Waals surface area contributed by atoms with E-state index in [2.05, 4.69) is 6.58 Å². The molecule has 0 fully saturated rings. The predicted octanol–water partition coefficient (Wildman–Crippen LogP) is 4.69. The molecule has 0 aromatic heterocycles. The second kappa shape index (κ2) is 10.5. The maximum Gasteiger partial charge on any atom is 0.392 e. The van der Waals surface area contributed by atoms with E-state index in [1.54, 1.807) is 51.4 Å². The van der Waals surface area contributed by atoms with Gasteiger partial charge in [-0.05, 0) is 36.6 Å². The van der Waals surface area contributed by atoms with Gasteiger partial charge in [0.15, 0.2) is 0 Å². The molecule has 1 aromatic carbocycles. The summed E-state index contributed by atoms with van der Waals surface area (Å²) in [4.78, 5) is 14.3. The van der Waals surface area contributed by atoms with Gasteiger partial charge in [0.2, 0.25) is 0 Å². The summed E-state index contributed by atoms with van der Waals surface area (Å²) in [7, 11) is 1.65. The third-order valence-electron chi connectivity index (χ3n) is 4.76. The Labute approximate surface area is 185 Å². The van der Waals surface area contributed by atoms with Crippen molar-refractivity contribution in [3.8, 4) is 0 Å². The lowest BCUT2D eigenvalue weighted by molar-refractivity contribution is -0.142. The number of nitrogens with two attached hydrogens (primary N) is 1. The van der Waals surface area contributed by atoms with Gasteiger partial charge in [-0.15, -0.1) is 0 Å². The molecule has 2 N–H and O–H groups in total. The number of ether oxygens (including phenoxy) is 1. The number of hydrogen-bond acceptors (Lipinski definition) is 4. The Kier molecular flexibility index (Phi) is 8.26. The summed E-state index contributed by atoms with van der Waals surface area (Å²) in [6, 6.07) is 4.69. The van der Waals surface area contributed by atoms with E-state index in [9.17, 15) is 22.4 Å². The van der Waals surface area contributed by atoms with Crippen LogP contribution in [0.3, 0.4) is 0 Å². The Morgan fingerprint density at radius 3 is 2.62 bits per heavy atom. The minimum absolute atomic E-state index is 0.00904. The minimum Gasteiger partial charge on any atom is -0.493 e. The van der Waals surface area contributed by atoms with Crippen LogP contribution in [0.5, 0.6) is 0 Å². The molecular formula is C23H27F4N3O2. The van der Waals surface area contributed by atoms with E-state index in [0.717, 1.165) is 5.57 Å². The number of rotatable bonds is 9. The summed E-state index contributed by atoms with van der Waals surface area (Å²) in [5, 5.41) is 1.36. The summed E-state index contributed by atoms with van der Waals surface area (Å²) in [5.74, 6) is 4.50. The van der Waals surface area contributed by atoms with Crippen LogP contribution in [-0.4, -0.2) is 42.2 Å². The maximum atomic E-state index is 14.7. The average molecular weight is 453 g/mol. The number of halogens is 4. The van der Waals surface area contributed by atoms with E-state index in [4.69, 9.17) is 10.6 Å². The lowest BCUT2D eigenvalue weighted by atomic mass is 10.0. The van der Waals surface area contributed by atoms with E-state index >= 15 is 0 Å². The molecule has 0 saturated carbocycles. The molecular weight excluding hydrogens is 426 g/mol. The Bertz CT molecular complexity index is 962. The standard InChI is InChI=1S/C23H27F4N3O2/c1-5-6-19-14-30(22(31)21(19)16(3)32-10-9-23(25,26)27)13-18-8-7-17(11-20(18)24)15(2)12-29(4)28/h5-8,11-12H,3,9-10,13-14,28H2,1-2,4H3/b6-5-,15-12+. The number of hydrazine groups is 1. The summed E-state index contributed by atoms with van der Waals surface area (Å²) >= 11 is 0. The van der Waals surface area contributed by atoms with Gasteiger partial charge in [0.1, 0.15) is 11.6 Å².